The molecule has 6 nitrogen and oxygen atoms in total. The molecule has 0 unspecified atom stereocenters. The van der Waals surface area contributed by atoms with Crippen LogP contribution in [0.3, 0.4) is 0 Å². The van der Waals surface area contributed by atoms with E-state index in [0.717, 1.165) is 15.6 Å². The molecule has 2 aromatic rings. The quantitative estimate of drug-likeness (QED) is 0.319. The van der Waals surface area contributed by atoms with Crippen molar-refractivity contribution in [3.8, 4) is 0 Å². The van der Waals surface area contributed by atoms with Crippen molar-refractivity contribution in [2.45, 2.75) is 19.6 Å². The highest BCUT2D eigenvalue weighted by Gasteiger charge is 2.16. The molecule has 0 fully saturated rings. The maximum atomic E-state index is 12.2. The van der Waals surface area contributed by atoms with Gasteiger partial charge in [0, 0.05) is 10.5 Å². The maximum absolute atomic E-state index is 12.2. The SMILES string of the molecule is CCOC(=O)/C=C/COC[C@H](NC(=O)OCc1ccccc1)c1ccc(Br)cc1. The first-order valence-electron chi connectivity index (χ1n) is 9.22. The first kappa shape index (κ1) is 22.6. The minimum absolute atomic E-state index is 0.183. The first-order valence-corrected chi connectivity index (χ1v) is 10.0. The van der Waals surface area contributed by atoms with E-state index in [1.165, 1.54) is 6.08 Å². The van der Waals surface area contributed by atoms with Crippen LogP contribution >= 0.6 is 15.9 Å². The minimum Gasteiger partial charge on any atom is -0.463 e. The fourth-order valence-electron chi connectivity index (χ4n) is 2.41. The van der Waals surface area contributed by atoms with Crippen LogP contribution in [0.15, 0.2) is 71.2 Å². The molecule has 7 heteroatoms. The topological polar surface area (TPSA) is 73.9 Å². The molecule has 0 aliphatic rings. The highest BCUT2D eigenvalue weighted by Crippen LogP contribution is 2.18. The fourth-order valence-corrected chi connectivity index (χ4v) is 2.68. The standard InChI is InChI=1S/C22H24BrNO5/c1-2-28-21(25)9-6-14-27-16-20(18-10-12-19(23)13-11-18)24-22(26)29-15-17-7-4-3-5-8-17/h3-13,20H,2,14-16H2,1H3,(H,24,26)/b9-6+/t20-/m0/s1. The molecule has 0 radical (unpaired) electrons. The van der Waals surface area contributed by atoms with Crippen LogP contribution in [0.2, 0.25) is 0 Å². The number of esters is 1. The smallest absolute Gasteiger partial charge is 0.408 e. The third kappa shape index (κ3) is 8.93. The third-order valence-electron chi connectivity index (χ3n) is 3.82. The van der Waals surface area contributed by atoms with E-state index in [1.54, 1.807) is 13.0 Å². The van der Waals surface area contributed by atoms with E-state index < -0.39 is 18.1 Å². The van der Waals surface area contributed by atoms with Crippen molar-refractivity contribution >= 4 is 28.0 Å². The molecule has 1 N–H and O–H groups in total. The van der Waals surface area contributed by atoms with Crippen molar-refractivity contribution in [1.29, 1.82) is 0 Å². The van der Waals surface area contributed by atoms with Gasteiger partial charge in [0.2, 0.25) is 0 Å². The molecule has 29 heavy (non-hydrogen) atoms. The van der Waals surface area contributed by atoms with E-state index >= 15 is 0 Å². The Kier molecular flexibility index (Phi) is 9.95. The Bertz CT molecular complexity index is 793. The Labute approximate surface area is 179 Å². The number of ether oxygens (including phenoxy) is 3. The van der Waals surface area contributed by atoms with Crippen molar-refractivity contribution in [3.05, 3.63) is 82.3 Å². The van der Waals surface area contributed by atoms with Crippen LogP contribution in [-0.2, 0) is 25.6 Å². The molecule has 0 aliphatic heterocycles. The van der Waals surface area contributed by atoms with Gasteiger partial charge in [0.1, 0.15) is 6.61 Å². The summed E-state index contributed by atoms with van der Waals surface area (Å²) in [6.07, 6.45) is 2.36. The summed E-state index contributed by atoms with van der Waals surface area (Å²) in [5.41, 5.74) is 1.78. The number of carbonyl (C=O) groups is 2. The van der Waals surface area contributed by atoms with Crippen LogP contribution in [0, 0.1) is 0 Å². The number of rotatable bonds is 10. The number of carbonyl (C=O) groups excluding carboxylic acids is 2. The number of amides is 1. The average Bonchev–Trinajstić information content (AvgIpc) is 2.73. The number of hydrogen-bond acceptors (Lipinski definition) is 5. The number of nitrogens with one attached hydrogen (secondary N) is 1. The Morgan fingerprint density at radius 3 is 2.48 bits per heavy atom. The van der Waals surface area contributed by atoms with E-state index in [-0.39, 0.29) is 19.8 Å². The molecular formula is C22H24BrNO5. The summed E-state index contributed by atoms with van der Waals surface area (Å²) in [6.45, 7) is 2.68. The second kappa shape index (κ2) is 12.7. The fraction of sp³-hybridized carbons (Fsp3) is 0.273. The number of hydrogen-bond donors (Lipinski definition) is 1. The molecule has 0 aliphatic carbocycles. The van der Waals surface area contributed by atoms with Crippen molar-refractivity contribution in [1.82, 2.24) is 5.32 Å². The van der Waals surface area contributed by atoms with Crippen LogP contribution in [0.25, 0.3) is 0 Å². The van der Waals surface area contributed by atoms with Crippen LogP contribution in [0.1, 0.15) is 24.1 Å². The van der Waals surface area contributed by atoms with E-state index in [4.69, 9.17) is 14.2 Å². The zero-order valence-corrected chi connectivity index (χ0v) is 17.8. The summed E-state index contributed by atoms with van der Waals surface area (Å²) in [5, 5.41) is 2.83. The second-order valence-corrected chi connectivity index (χ2v) is 6.92. The van der Waals surface area contributed by atoms with Gasteiger partial charge in [-0.2, -0.15) is 0 Å². The van der Waals surface area contributed by atoms with Gasteiger partial charge in [0.25, 0.3) is 0 Å². The van der Waals surface area contributed by atoms with Gasteiger partial charge in [-0.15, -0.1) is 0 Å². The Morgan fingerprint density at radius 1 is 1.07 bits per heavy atom. The van der Waals surface area contributed by atoms with Crippen LogP contribution in [0.4, 0.5) is 4.79 Å². The molecule has 2 rings (SSSR count). The van der Waals surface area contributed by atoms with Gasteiger partial charge in [-0.05, 0) is 30.2 Å². The minimum atomic E-state index is -0.535. The van der Waals surface area contributed by atoms with E-state index in [1.807, 2.05) is 54.6 Å². The van der Waals surface area contributed by atoms with Crippen molar-refractivity contribution in [2.24, 2.45) is 0 Å². The average molecular weight is 462 g/mol. The summed E-state index contributed by atoms with van der Waals surface area (Å²) in [6, 6.07) is 16.6. The zero-order chi connectivity index (χ0) is 20.9. The molecule has 1 amide bonds. The van der Waals surface area contributed by atoms with Gasteiger partial charge < -0.3 is 19.5 Å². The van der Waals surface area contributed by atoms with Gasteiger partial charge in [-0.1, -0.05) is 64.5 Å². The highest BCUT2D eigenvalue weighted by molar-refractivity contribution is 9.10. The van der Waals surface area contributed by atoms with Gasteiger partial charge in [-0.3, -0.25) is 0 Å². The monoisotopic (exact) mass is 461 g/mol. The number of benzene rings is 2. The maximum Gasteiger partial charge on any atom is 0.408 e. The second-order valence-electron chi connectivity index (χ2n) is 6.00. The van der Waals surface area contributed by atoms with Crippen molar-refractivity contribution in [2.75, 3.05) is 19.8 Å². The van der Waals surface area contributed by atoms with E-state index in [9.17, 15) is 9.59 Å². The Balaban J connectivity index is 1.89. The van der Waals surface area contributed by atoms with Crippen LogP contribution in [0.5, 0.6) is 0 Å². The van der Waals surface area contributed by atoms with Gasteiger partial charge in [-0.25, -0.2) is 9.59 Å². The molecule has 0 aromatic heterocycles. The Morgan fingerprint density at radius 2 is 1.79 bits per heavy atom. The van der Waals surface area contributed by atoms with Gasteiger partial charge in [0.05, 0.1) is 25.9 Å². The molecule has 154 valence electrons. The normalized spacial score (nSPS) is 11.8. The third-order valence-corrected chi connectivity index (χ3v) is 4.35. The molecule has 0 saturated heterocycles. The van der Waals surface area contributed by atoms with Gasteiger partial charge in [0.15, 0.2) is 0 Å². The molecule has 0 spiro atoms. The van der Waals surface area contributed by atoms with E-state index in [0.29, 0.717) is 6.61 Å². The lowest BCUT2D eigenvalue weighted by molar-refractivity contribution is -0.137. The molecule has 0 heterocycles. The molecule has 0 bridgehead atoms. The Hall–Kier alpha value is -2.64. The van der Waals surface area contributed by atoms with E-state index in [2.05, 4.69) is 21.2 Å². The summed E-state index contributed by atoms with van der Waals surface area (Å²) in [7, 11) is 0. The van der Waals surface area contributed by atoms with Crippen LogP contribution in [-0.4, -0.2) is 31.9 Å². The number of alkyl carbamates (subject to hydrolysis) is 1. The molecule has 0 saturated carbocycles. The lowest BCUT2D eigenvalue weighted by Gasteiger charge is -2.19. The predicted octanol–water partition coefficient (Wildman–Crippen LogP) is 4.55. The van der Waals surface area contributed by atoms with Crippen molar-refractivity contribution in [3.63, 3.8) is 0 Å². The largest absolute Gasteiger partial charge is 0.463 e. The summed E-state index contributed by atoms with van der Waals surface area (Å²) in [5.74, 6) is -0.414. The molecule has 1 atom stereocenters. The van der Waals surface area contributed by atoms with Crippen molar-refractivity contribution < 1.29 is 23.8 Å². The summed E-state index contributed by atoms with van der Waals surface area (Å²) < 4.78 is 16.6. The summed E-state index contributed by atoms with van der Waals surface area (Å²) in [4.78, 5) is 23.5. The lowest BCUT2D eigenvalue weighted by Crippen LogP contribution is -2.32. The van der Waals surface area contributed by atoms with Gasteiger partial charge >= 0.3 is 12.1 Å². The highest BCUT2D eigenvalue weighted by atomic mass is 79.9. The predicted molar refractivity (Wildman–Crippen MR) is 113 cm³/mol. The molecular weight excluding hydrogens is 438 g/mol. The molecule has 2 aromatic carbocycles. The lowest BCUT2D eigenvalue weighted by atomic mass is 10.1. The van der Waals surface area contributed by atoms with Crippen LogP contribution < -0.4 is 5.32 Å². The first-order chi connectivity index (χ1) is 14.1. The number of halogens is 1. The zero-order valence-electron chi connectivity index (χ0n) is 16.2. The summed E-state index contributed by atoms with van der Waals surface area (Å²) >= 11 is 3.40.